The van der Waals surface area contributed by atoms with Gasteiger partial charge < -0.3 is 15.5 Å². The van der Waals surface area contributed by atoms with Gasteiger partial charge in [0.1, 0.15) is 0 Å². The van der Waals surface area contributed by atoms with Gasteiger partial charge in [-0.3, -0.25) is 5.41 Å². The Bertz CT molecular complexity index is 314. The molecule has 2 aliphatic heterocycles. The lowest BCUT2D eigenvalue weighted by Crippen LogP contribution is -2.50. The van der Waals surface area contributed by atoms with Crippen LogP contribution in [0.2, 0.25) is 0 Å². The molecule has 5 nitrogen and oxygen atoms in total. The van der Waals surface area contributed by atoms with Crippen LogP contribution in [0.4, 0.5) is 4.79 Å². The molecule has 5 heteroatoms. The molecule has 0 bridgehead atoms. The molecule has 2 heterocycles. The highest BCUT2D eigenvalue weighted by atomic mass is 16.2. The van der Waals surface area contributed by atoms with Crippen LogP contribution >= 0.6 is 0 Å². The molecule has 96 valence electrons. The van der Waals surface area contributed by atoms with E-state index < -0.39 is 0 Å². The molecule has 2 rings (SSSR count). The maximum Gasteiger partial charge on any atom is 0.319 e. The van der Waals surface area contributed by atoms with Crippen LogP contribution < -0.4 is 5.73 Å². The van der Waals surface area contributed by atoms with Crippen LogP contribution in [0, 0.1) is 10.8 Å². The molecule has 0 radical (unpaired) electrons. The molecule has 0 aromatic carbocycles. The van der Waals surface area contributed by atoms with E-state index in [4.69, 9.17) is 11.1 Å². The molecular weight excluding hydrogens is 216 g/mol. The Balaban J connectivity index is 1.90. The minimum absolute atomic E-state index is 0.174. The number of carbonyl (C=O) groups excluding carboxylic acids is 1. The summed E-state index contributed by atoms with van der Waals surface area (Å²) in [6.45, 7) is 5.28. The number of carbonyl (C=O) groups is 1. The van der Waals surface area contributed by atoms with Gasteiger partial charge in [-0.2, -0.15) is 0 Å². The van der Waals surface area contributed by atoms with E-state index in [-0.39, 0.29) is 17.3 Å². The average Bonchev–Trinajstić information content (AvgIpc) is 2.82. The number of nitrogens with two attached hydrogens (primary N) is 1. The van der Waals surface area contributed by atoms with Crippen LogP contribution in [0.25, 0.3) is 0 Å². The van der Waals surface area contributed by atoms with Crippen molar-refractivity contribution in [3.05, 3.63) is 0 Å². The number of amidine groups is 1. The first-order chi connectivity index (χ1) is 8.03. The number of likely N-dealkylation sites (tertiary alicyclic amines) is 2. The summed E-state index contributed by atoms with van der Waals surface area (Å²) in [4.78, 5) is 16.0. The fraction of sp³-hybridized carbons (Fsp3) is 0.833. The van der Waals surface area contributed by atoms with Crippen LogP contribution in [0.1, 0.15) is 32.6 Å². The Kier molecular flexibility index (Phi) is 3.26. The number of rotatable bonds is 1. The number of amides is 2. The largest absolute Gasteiger partial charge is 0.387 e. The van der Waals surface area contributed by atoms with E-state index in [0.717, 1.165) is 51.9 Å². The molecule has 0 unspecified atom stereocenters. The van der Waals surface area contributed by atoms with Gasteiger partial charge in [-0.1, -0.05) is 6.92 Å². The molecule has 2 amide bonds. The Morgan fingerprint density at radius 3 is 2.06 bits per heavy atom. The Morgan fingerprint density at radius 1 is 1.12 bits per heavy atom. The zero-order chi connectivity index (χ0) is 12.5. The smallest absolute Gasteiger partial charge is 0.319 e. The third-order valence-electron chi connectivity index (χ3n) is 4.16. The van der Waals surface area contributed by atoms with Crippen LogP contribution in [0.5, 0.6) is 0 Å². The van der Waals surface area contributed by atoms with Crippen molar-refractivity contribution in [1.82, 2.24) is 9.80 Å². The number of hydrogen-bond donors (Lipinski definition) is 2. The van der Waals surface area contributed by atoms with Crippen molar-refractivity contribution in [3.63, 3.8) is 0 Å². The molecule has 0 spiro atoms. The highest BCUT2D eigenvalue weighted by Gasteiger charge is 2.35. The second kappa shape index (κ2) is 4.55. The fourth-order valence-electron chi connectivity index (χ4n) is 2.57. The normalized spacial score (nSPS) is 23.8. The van der Waals surface area contributed by atoms with Crippen molar-refractivity contribution in [2.75, 3.05) is 26.2 Å². The molecule has 0 atom stereocenters. The van der Waals surface area contributed by atoms with Crippen molar-refractivity contribution in [2.45, 2.75) is 32.6 Å². The van der Waals surface area contributed by atoms with Gasteiger partial charge in [0.05, 0.1) is 5.84 Å². The van der Waals surface area contributed by atoms with E-state index in [1.807, 2.05) is 16.7 Å². The topological polar surface area (TPSA) is 73.4 Å². The van der Waals surface area contributed by atoms with Crippen molar-refractivity contribution in [2.24, 2.45) is 11.1 Å². The van der Waals surface area contributed by atoms with E-state index in [1.54, 1.807) is 0 Å². The summed E-state index contributed by atoms with van der Waals surface area (Å²) >= 11 is 0. The van der Waals surface area contributed by atoms with Gasteiger partial charge in [0.2, 0.25) is 0 Å². The number of urea groups is 1. The van der Waals surface area contributed by atoms with Gasteiger partial charge in [-0.15, -0.1) is 0 Å². The van der Waals surface area contributed by atoms with Gasteiger partial charge in [-0.05, 0) is 25.7 Å². The van der Waals surface area contributed by atoms with E-state index in [2.05, 4.69) is 0 Å². The highest BCUT2D eigenvalue weighted by molar-refractivity contribution is 5.83. The van der Waals surface area contributed by atoms with E-state index in [0.29, 0.717) is 0 Å². The summed E-state index contributed by atoms with van der Waals surface area (Å²) in [5.41, 5.74) is 5.41. The molecule has 3 N–H and O–H groups in total. The number of nitrogens with zero attached hydrogens (tertiary/aromatic N) is 2. The number of hydrogen-bond acceptors (Lipinski definition) is 2. The van der Waals surface area contributed by atoms with Crippen LogP contribution in [-0.2, 0) is 0 Å². The van der Waals surface area contributed by atoms with Crippen molar-refractivity contribution in [3.8, 4) is 0 Å². The quantitative estimate of drug-likeness (QED) is 0.533. The summed E-state index contributed by atoms with van der Waals surface area (Å²) in [5.74, 6) is 0.255. The molecule has 2 saturated heterocycles. The Morgan fingerprint density at radius 2 is 1.59 bits per heavy atom. The second-order valence-corrected chi connectivity index (χ2v) is 5.44. The first-order valence-corrected chi connectivity index (χ1v) is 6.41. The van der Waals surface area contributed by atoms with Crippen molar-refractivity contribution >= 4 is 11.9 Å². The second-order valence-electron chi connectivity index (χ2n) is 5.44. The maximum absolute atomic E-state index is 12.1. The van der Waals surface area contributed by atoms with Gasteiger partial charge in [0.15, 0.2) is 0 Å². The van der Waals surface area contributed by atoms with E-state index >= 15 is 0 Å². The predicted molar refractivity (Wildman–Crippen MR) is 67.0 cm³/mol. The first-order valence-electron chi connectivity index (χ1n) is 6.41. The van der Waals surface area contributed by atoms with Crippen LogP contribution in [-0.4, -0.2) is 47.8 Å². The SMILES string of the molecule is CC1(C(=N)N)CCN(C(=O)N2CCCC2)CC1. The number of piperidine rings is 1. The molecule has 0 aliphatic carbocycles. The molecule has 0 aromatic rings. The first kappa shape index (κ1) is 12.2. The zero-order valence-corrected chi connectivity index (χ0v) is 10.5. The third-order valence-corrected chi connectivity index (χ3v) is 4.16. The fourth-order valence-corrected chi connectivity index (χ4v) is 2.57. The minimum Gasteiger partial charge on any atom is -0.387 e. The predicted octanol–water partition coefficient (Wildman–Crippen LogP) is 1.24. The van der Waals surface area contributed by atoms with Gasteiger partial charge in [-0.25, -0.2) is 4.79 Å². The lowest BCUT2D eigenvalue weighted by Gasteiger charge is -2.39. The standard InChI is InChI=1S/C12H22N4O/c1-12(10(13)14)4-8-16(9-5-12)11(17)15-6-2-3-7-15/h2-9H2,1H3,(H3,13,14). The summed E-state index contributed by atoms with van der Waals surface area (Å²) in [6.07, 6.45) is 3.87. The highest BCUT2D eigenvalue weighted by Crippen LogP contribution is 2.31. The summed E-state index contributed by atoms with van der Waals surface area (Å²) < 4.78 is 0. The van der Waals surface area contributed by atoms with E-state index in [9.17, 15) is 4.79 Å². The molecular formula is C12H22N4O. The van der Waals surface area contributed by atoms with Crippen molar-refractivity contribution < 1.29 is 4.79 Å². The molecule has 17 heavy (non-hydrogen) atoms. The zero-order valence-electron chi connectivity index (χ0n) is 10.5. The molecule has 2 fully saturated rings. The minimum atomic E-state index is -0.207. The van der Waals surface area contributed by atoms with Gasteiger partial charge in [0, 0.05) is 31.6 Å². The monoisotopic (exact) mass is 238 g/mol. The lowest BCUT2D eigenvalue weighted by atomic mass is 9.79. The van der Waals surface area contributed by atoms with Gasteiger partial charge >= 0.3 is 6.03 Å². The van der Waals surface area contributed by atoms with E-state index in [1.165, 1.54) is 0 Å². The number of nitrogens with one attached hydrogen (secondary N) is 1. The maximum atomic E-state index is 12.1. The lowest BCUT2D eigenvalue weighted by molar-refractivity contribution is 0.132. The van der Waals surface area contributed by atoms with Crippen LogP contribution in [0.15, 0.2) is 0 Å². The summed E-state index contributed by atoms with van der Waals surface area (Å²) in [5, 5.41) is 7.59. The van der Waals surface area contributed by atoms with Crippen molar-refractivity contribution in [1.29, 1.82) is 5.41 Å². The van der Waals surface area contributed by atoms with Gasteiger partial charge in [0.25, 0.3) is 0 Å². The molecule has 0 aromatic heterocycles. The average molecular weight is 238 g/mol. The molecule has 2 aliphatic rings. The summed E-state index contributed by atoms with van der Waals surface area (Å²) in [7, 11) is 0. The Hall–Kier alpha value is -1.26. The molecule has 0 saturated carbocycles. The summed E-state index contributed by atoms with van der Waals surface area (Å²) in [6, 6.07) is 0.174. The van der Waals surface area contributed by atoms with Crippen LogP contribution in [0.3, 0.4) is 0 Å². The Labute approximate surface area is 102 Å². The third kappa shape index (κ3) is 2.37.